The van der Waals surface area contributed by atoms with E-state index in [1.807, 2.05) is 6.92 Å². The molecule has 5 rings (SSSR count). The molecule has 0 unspecified atom stereocenters. The number of sulfonamides is 2. The van der Waals surface area contributed by atoms with Crippen LogP contribution in [-0.4, -0.2) is 51.1 Å². The van der Waals surface area contributed by atoms with E-state index >= 15 is 0 Å². The lowest BCUT2D eigenvalue weighted by molar-refractivity contribution is 0.302. The summed E-state index contributed by atoms with van der Waals surface area (Å²) >= 11 is 0. The van der Waals surface area contributed by atoms with Crippen LogP contribution in [0.4, 0.5) is 17.1 Å². The zero-order chi connectivity index (χ0) is 40.8. The summed E-state index contributed by atoms with van der Waals surface area (Å²) in [5, 5.41) is 31.2. The Balaban J connectivity index is 1.17. The number of phenolic OH excluding ortho intramolecular Hbond substituents is 2. The van der Waals surface area contributed by atoms with E-state index in [9.17, 15) is 27.0 Å². The van der Waals surface area contributed by atoms with Crippen molar-refractivity contribution >= 4 is 47.9 Å². The molecule has 1 heterocycles. The Bertz CT molecular complexity index is 2200. The molecule has 3 N–H and O–H groups in total. The Morgan fingerprint density at radius 1 is 0.684 bits per heavy atom. The van der Waals surface area contributed by atoms with E-state index < -0.39 is 20.0 Å². The molecule has 11 nitrogen and oxygen atoms in total. The number of benzene rings is 4. The van der Waals surface area contributed by atoms with Crippen LogP contribution < -0.4 is 9.46 Å². The smallest absolute Gasteiger partial charge is 0.262 e. The number of anilines is 1. The van der Waals surface area contributed by atoms with E-state index in [-0.39, 0.29) is 32.7 Å². The predicted molar refractivity (Wildman–Crippen MR) is 228 cm³/mol. The third kappa shape index (κ3) is 11.9. The number of azo groups is 1. The molecule has 0 aromatic heterocycles. The summed E-state index contributed by atoms with van der Waals surface area (Å²) in [7, 11) is -8.09. The van der Waals surface area contributed by atoms with Crippen molar-refractivity contribution in [2.45, 2.75) is 133 Å². The number of hydrogen-bond acceptors (Lipinski definition) is 9. The van der Waals surface area contributed by atoms with Crippen LogP contribution in [-0.2, 0) is 20.0 Å². The fourth-order valence-electron chi connectivity index (χ4n) is 7.36. The maximum Gasteiger partial charge on any atom is 0.262 e. The Morgan fingerprint density at radius 3 is 1.89 bits per heavy atom. The quantitative estimate of drug-likeness (QED) is 0.0382. The first-order valence-corrected chi connectivity index (χ1v) is 23.6. The van der Waals surface area contributed by atoms with Crippen molar-refractivity contribution in [1.82, 2.24) is 4.31 Å². The molecule has 1 fully saturated rings. The number of ether oxygens (including phenoxy) is 1. The van der Waals surface area contributed by atoms with Crippen molar-refractivity contribution in [3.05, 3.63) is 71.8 Å². The fraction of sp³-hybridized carbons (Fsp3) is 0.500. The summed E-state index contributed by atoms with van der Waals surface area (Å²) in [6.07, 6.45) is 19.3. The molecular formula is C44H60N4O7S2. The zero-order valence-corrected chi connectivity index (χ0v) is 35.4. The van der Waals surface area contributed by atoms with Crippen LogP contribution in [0.1, 0.15) is 121 Å². The van der Waals surface area contributed by atoms with Crippen LogP contribution in [0.15, 0.2) is 80.7 Å². The maximum absolute atomic E-state index is 13.6. The zero-order valence-electron chi connectivity index (χ0n) is 33.8. The molecule has 1 saturated heterocycles. The van der Waals surface area contributed by atoms with Crippen LogP contribution in [0, 0.1) is 13.8 Å². The van der Waals surface area contributed by atoms with Gasteiger partial charge in [0.15, 0.2) is 0 Å². The van der Waals surface area contributed by atoms with Crippen molar-refractivity contribution in [3.8, 4) is 17.2 Å². The Kier molecular flexibility index (Phi) is 16.2. The van der Waals surface area contributed by atoms with Gasteiger partial charge in [-0.3, -0.25) is 4.72 Å². The molecule has 0 atom stereocenters. The Labute approximate surface area is 339 Å². The van der Waals surface area contributed by atoms with Crippen LogP contribution >= 0.6 is 0 Å². The highest BCUT2D eigenvalue weighted by Crippen LogP contribution is 2.41. The predicted octanol–water partition coefficient (Wildman–Crippen LogP) is 11.7. The van der Waals surface area contributed by atoms with Gasteiger partial charge in [-0.1, -0.05) is 115 Å². The highest BCUT2D eigenvalue weighted by Gasteiger charge is 2.31. The second-order valence-corrected chi connectivity index (χ2v) is 18.8. The standard InChI is InChI=1S/C44H60N4O7S2/c1-4-5-6-7-8-9-10-11-12-13-14-15-16-21-28-55-41-31-39(40(49)30-33(41)2)47-56(51,52)42-25-24-35(29-34(42)3)45-46-38-32-43(57(53,54)48-26-19-20-27-48)44(50)37-23-18-17-22-36(37)38/h17-18,22-25,29-32,47,49-50H,4-16,19-21,26-28H2,1-3H3. The third-order valence-corrected chi connectivity index (χ3v) is 14.1. The minimum absolute atomic E-state index is 0.0126. The number of unbranched alkanes of at least 4 members (excludes halogenated alkanes) is 13. The van der Waals surface area contributed by atoms with Gasteiger partial charge in [-0.05, 0) is 74.6 Å². The fourth-order valence-corrected chi connectivity index (χ4v) is 10.3. The van der Waals surface area contributed by atoms with Gasteiger partial charge >= 0.3 is 0 Å². The first kappa shape index (κ1) is 43.9. The van der Waals surface area contributed by atoms with Gasteiger partial charge in [0.1, 0.15) is 22.1 Å². The summed E-state index contributed by atoms with van der Waals surface area (Å²) < 4.78 is 64.0. The Hall–Kier alpha value is -4.20. The molecule has 0 radical (unpaired) electrons. The average molecular weight is 821 g/mol. The lowest BCUT2D eigenvalue weighted by Gasteiger charge is -2.18. The summed E-state index contributed by atoms with van der Waals surface area (Å²) in [6.45, 7) is 6.96. The normalized spacial score (nSPS) is 13.9. The number of aryl methyl sites for hydroxylation is 2. The van der Waals surface area contributed by atoms with Crippen molar-refractivity contribution in [2.24, 2.45) is 10.2 Å². The van der Waals surface area contributed by atoms with Gasteiger partial charge in [-0.2, -0.15) is 9.42 Å². The van der Waals surface area contributed by atoms with Gasteiger partial charge in [0.05, 0.1) is 28.6 Å². The largest absolute Gasteiger partial charge is 0.506 e. The number of nitrogens with zero attached hydrogens (tertiary/aromatic N) is 3. The van der Waals surface area contributed by atoms with Crippen molar-refractivity contribution in [1.29, 1.82) is 0 Å². The molecule has 4 aromatic rings. The molecule has 0 amide bonds. The molecule has 0 bridgehead atoms. The van der Waals surface area contributed by atoms with E-state index in [0.717, 1.165) is 32.1 Å². The molecule has 1 aliphatic heterocycles. The van der Waals surface area contributed by atoms with Crippen molar-refractivity contribution in [3.63, 3.8) is 0 Å². The summed E-state index contributed by atoms with van der Waals surface area (Å²) in [6, 6.07) is 15.6. The summed E-state index contributed by atoms with van der Waals surface area (Å²) in [5.41, 5.74) is 1.68. The molecule has 0 saturated carbocycles. The minimum atomic E-state index is -4.13. The summed E-state index contributed by atoms with van der Waals surface area (Å²) in [4.78, 5) is -0.246. The highest BCUT2D eigenvalue weighted by molar-refractivity contribution is 7.92. The van der Waals surface area contributed by atoms with Gasteiger partial charge in [-0.15, -0.1) is 5.11 Å². The first-order valence-electron chi connectivity index (χ1n) is 20.7. The molecule has 4 aromatic carbocycles. The lowest BCUT2D eigenvalue weighted by atomic mass is 10.0. The van der Waals surface area contributed by atoms with Crippen LogP contribution in [0.5, 0.6) is 17.2 Å². The molecule has 310 valence electrons. The monoisotopic (exact) mass is 820 g/mol. The van der Waals surface area contributed by atoms with E-state index in [2.05, 4.69) is 21.9 Å². The van der Waals surface area contributed by atoms with Gasteiger partial charge in [-0.25, -0.2) is 16.8 Å². The highest BCUT2D eigenvalue weighted by atomic mass is 32.2. The molecule has 0 spiro atoms. The van der Waals surface area contributed by atoms with Crippen molar-refractivity contribution < 1.29 is 31.8 Å². The second kappa shape index (κ2) is 21.0. The minimum Gasteiger partial charge on any atom is -0.506 e. The lowest BCUT2D eigenvalue weighted by Crippen LogP contribution is -2.27. The van der Waals surface area contributed by atoms with E-state index in [4.69, 9.17) is 4.74 Å². The topological polar surface area (TPSA) is 158 Å². The van der Waals surface area contributed by atoms with Crippen LogP contribution in [0.2, 0.25) is 0 Å². The first-order chi connectivity index (χ1) is 27.4. The van der Waals surface area contributed by atoms with Crippen molar-refractivity contribution in [2.75, 3.05) is 24.4 Å². The van der Waals surface area contributed by atoms with Gasteiger partial charge in [0.2, 0.25) is 10.0 Å². The van der Waals surface area contributed by atoms with E-state index in [1.165, 1.54) is 105 Å². The molecule has 13 heteroatoms. The average Bonchev–Trinajstić information content (AvgIpc) is 3.74. The molecular weight excluding hydrogens is 761 g/mol. The number of rotatable bonds is 23. The maximum atomic E-state index is 13.6. The molecule has 1 aliphatic rings. The molecule has 0 aliphatic carbocycles. The summed E-state index contributed by atoms with van der Waals surface area (Å²) in [5.74, 6) is -0.0429. The number of hydrogen-bond donors (Lipinski definition) is 3. The third-order valence-electron chi connectivity index (χ3n) is 10.7. The number of fused-ring (bicyclic) bond motifs is 1. The Morgan fingerprint density at radius 2 is 1.28 bits per heavy atom. The van der Waals surface area contributed by atoms with Crippen LogP contribution in [0.3, 0.4) is 0 Å². The molecule has 57 heavy (non-hydrogen) atoms. The van der Waals surface area contributed by atoms with Gasteiger partial charge in [0, 0.05) is 29.9 Å². The van der Waals surface area contributed by atoms with E-state index in [0.29, 0.717) is 53.0 Å². The van der Waals surface area contributed by atoms with E-state index in [1.54, 1.807) is 37.3 Å². The van der Waals surface area contributed by atoms with Gasteiger partial charge in [0.25, 0.3) is 10.0 Å². The number of phenols is 2. The second-order valence-electron chi connectivity index (χ2n) is 15.2. The van der Waals surface area contributed by atoms with Crippen LogP contribution in [0.25, 0.3) is 10.8 Å². The number of aromatic hydroxyl groups is 2. The SMILES string of the molecule is CCCCCCCCCCCCCCCCOc1cc(NS(=O)(=O)c2ccc(N=Nc3cc(S(=O)(=O)N4CCCC4)c(O)c4ccccc34)cc2C)c(O)cc1C. The van der Waals surface area contributed by atoms with Gasteiger partial charge < -0.3 is 14.9 Å². The number of nitrogens with one attached hydrogen (secondary N) is 1.